The zero-order chi connectivity index (χ0) is 15.6. The lowest BCUT2D eigenvalue weighted by Crippen LogP contribution is -2.29. The van der Waals surface area contributed by atoms with Crippen LogP contribution in [0.25, 0.3) is 6.08 Å². The van der Waals surface area contributed by atoms with Crippen LogP contribution in [0.3, 0.4) is 0 Å². The van der Waals surface area contributed by atoms with Crippen LogP contribution in [0.5, 0.6) is 0 Å². The molecule has 1 N–H and O–H groups in total. The van der Waals surface area contributed by atoms with Crippen molar-refractivity contribution in [1.82, 2.24) is 5.32 Å². The van der Waals surface area contributed by atoms with Gasteiger partial charge in [0.25, 0.3) is 0 Å². The van der Waals surface area contributed by atoms with Crippen molar-refractivity contribution < 1.29 is 14.3 Å². The van der Waals surface area contributed by atoms with E-state index in [4.69, 9.17) is 4.74 Å². The molecule has 0 radical (unpaired) electrons. The van der Waals surface area contributed by atoms with Gasteiger partial charge in [0.2, 0.25) is 5.91 Å². The summed E-state index contributed by atoms with van der Waals surface area (Å²) >= 11 is 0. The van der Waals surface area contributed by atoms with Crippen molar-refractivity contribution >= 4 is 18.0 Å². The zero-order valence-electron chi connectivity index (χ0n) is 12.1. The van der Waals surface area contributed by atoms with Crippen molar-refractivity contribution in [3.05, 3.63) is 77.9 Å². The molecule has 0 fully saturated rings. The summed E-state index contributed by atoms with van der Waals surface area (Å²) in [4.78, 5) is 23.1. The molecular weight excluding hydrogens is 278 g/mol. The number of benzene rings is 2. The van der Waals surface area contributed by atoms with E-state index in [0.29, 0.717) is 0 Å². The van der Waals surface area contributed by atoms with E-state index < -0.39 is 5.97 Å². The van der Waals surface area contributed by atoms with Crippen molar-refractivity contribution in [3.8, 4) is 0 Å². The van der Waals surface area contributed by atoms with Crippen LogP contribution in [-0.2, 0) is 20.9 Å². The first-order valence-corrected chi connectivity index (χ1v) is 6.94. The van der Waals surface area contributed by atoms with Gasteiger partial charge in [-0.25, -0.2) is 0 Å². The van der Waals surface area contributed by atoms with Gasteiger partial charge < -0.3 is 10.1 Å². The van der Waals surface area contributed by atoms with E-state index in [1.807, 2.05) is 60.7 Å². The van der Waals surface area contributed by atoms with E-state index >= 15 is 0 Å². The lowest BCUT2D eigenvalue weighted by molar-refractivity contribution is -0.144. The van der Waals surface area contributed by atoms with Crippen LogP contribution >= 0.6 is 0 Å². The number of nitrogens with one attached hydrogen (secondary N) is 1. The monoisotopic (exact) mass is 295 g/mol. The minimum absolute atomic E-state index is 0.148. The van der Waals surface area contributed by atoms with Crippen LogP contribution in [0.2, 0.25) is 0 Å². The second-order valence-electron chi connectivity index (χ2n) is 4.61. The van der Waals surface area contributed by atoms with E-state index in [2.05, 4.69) is 5.32 Å². The summed E-state index contributed by atoms with van der Waals surface area (Å²) < 4.78 is 5.06. The molecule has 0 bridgehead atoms. The van der Waals surface area contributed by atoms with Gasteiger partial charge in [-0.3, -0.25) is 9.59 Å². The average molecular weight is 295 g/mol. The Morgan fingerprint density at radius 3 is 2.27 bits per heavy atom. The Labute approximate surface area is 129 Å². The number of hydrogen-bond donors (Lipinski definition) is 1. The van der Waals surface area contributed by atoms with Gasteiger partial charge in [0.15, 0.2) is 0 Å². The number of amides is 1. The summed E-state index contributed by atoms with van der Waals surface area (Å²) in [6.07, 6.45) is 3.07. The molecule has 22 heavy (non-hydrogen) atoms. The molecule has 4 heteroatoms. The molecule has 2 aromatic carbocycles. The van der Waals surface area contributed by atoms with E-state index in [1.165, 1.54) is 6.08 Å². The molecule has 2 rings (SSSR count). The molecule has 2 aromatic rings. The molecule has 0 saturated heterocycles. The Morgan fingerprint density at radius 2 is 1.59 bits per heavy atom. The van der Waals surface area contributed by atoms with Gasteiger partial charge in [0.1, 0.15) is 13.2 Å². The van der Waals surface area contributed by atoms with Gasteiger partial charge in [0, 0.05) is 6.08 Å². The first kappa shape index (κ1) is 15.5. The molecule has 0 atom stereocenters. The van der Waals surface area contributed by atoms with Crippen molar-refractivity contribution in [2.24, 2.45) is 0 Å². The maximum absolute atomic E-state index is 11.6. The highest BCUT2D eigenvalue weighted by Crippen LogP contribution is 2.01. The molecule has 0 aromatic heterocycles. The fraction of sp³-hybridized carbons (Fsp3) is 0.111. The van der Waals surface area contributed by atoms with E-state index in [0.717, 1.165) is 11.1 Å². The van der Waals surface area contributed by atoms with Crippen LogP contribution in [-0.4, -0.2) is 18.4 Å². The molecule has 0 unspecified atom stereocenters. The summed E-state index contributed by atoms with van der Waals surface area (Å²) in [7, 11) is 0. The number of esters is 1. The molecule has 0 heterocycles. The third-order valence-corrected chi connectivity index (χ3v) is 2.88. The van der Waals surface area contributed by atoms with Crippen molar-refractivity contribution in [2.45, 2.75) is 6.61 Å². The molecule has 0 aliphatic heterocycles. The summed E-state index contributed by atoms with van der Waals surface area (Å²) in [6, 6.07) is 18.8. The average Bonchev–Trinajstić information content (AvgIpc) is 2.58. The normalized spacial score (nSPS) is 10.4. The lowest BCUT2D eigenvalue weighted by Gasteiger charge is -2.05. The molecular formula is C18H17NO3. The third-order valence-electron chi connectivity index (χ3n) is 2.88. The predicted octanol–water partition coefficient (Wildman–Crippen LogP) is 2.56. The Bertz CT molecular complexity index is 636. The summed E-state index contributed by atoms with van der Waals surface area (Å²) in [6.45, 7) is 0.0557. The summed E-state index contributed by atoms with van der Waals surface area (Å²) in [5, 5.41) is 2.49. The van der Waals surface area contributed by atoms with Gasteiger partial charge in [-0.15, -0.1) is 0 Å². The van der Waals surface area contributed by atoms with Crippen molar-refractivity contribution in [1.29, 1.82) is 0 Å². The van der Waals surface area contributed by atoms with E-state index in [9.17, 15) is 9.59 Å². The van der Waals surface area contributed by atoms with E-state index in [1.54, 1.807) is 6.08 Å². The van der Waals surface area contributed by atoms with Crippen LogP contribution in [0.1, 0.15) is 11.1 Å². The van der Waals surface area contributed by atoms with Gasteiger partial charge in [0.05, 0.1) is 0 Å². The number of carbonyl (C=O) groups excluding carboxylic acids is 2. The van der Waals surface area contributed by atoms with Crippen LogP contribution in [0, 0.1) is 0 Å². The summed E-state index contributed by atoms with van der Waals surface area (Å²) in [5.74, 6) is -0.800. The van der Waals surface area contributed by atoms with Gasteiger partial charge in [-0.05, 0) is 17.2 Å². The molecule has 0 saturated carbocycles. The van der Waals surface area contributed by atoms with Crippen molar-refractivity contribution in [2.75, 3.05) is 6.54 Å². The van der Waals surface area contributed by atoms with E-state index in [-0.39, 0.29) is 19.1 Å². The fourth-order valence-electron chi connectivity index (χ4n) is 1.74. The van der Waals surface area contributed by atoms with Crippen LogP contribution < -0.4 is 5.32 Å². The predicted molar refractivity (Wildman–Crippen MR) is 84.7 cm³/mol. The molecule has 1 amide bonds. The second-order valence-corrected chi connectivity index (χ2v) is 4.61. The molecule has 4 nitrogen and oxygen atoms in total. The summed E-state index contributed by atoms with van der Waals surface area (Å²) in [5.41, 5.74) is 1.83. The number of rotatable bonds is 6. The van der Waals surface area contributed by atoms with Crippen LogP contribution in [0.4, 0.5) is 0 Å². The van der Waals surface area contributed by atoms with Gasteiger partial charge in [-0.1, -0.05) is 60.7 Å². The third kappa shape index (κ3) is 5.63. The SMILES string of the molecule is O=C(C=Cc1ccccc1)NCC(=O)OCc1ccccc1. The Kier molecular flexibility index (Phi) is 5.93. The number of hydrogen-bond acceptors (Lipinski definition) is 3. The maximum Gasteiger partial charge on any atom is 0.325 e. The smallest absolute Gasteiger partial charge is 0.325 e. The number of carbonyl (C=O) groups is 2. The molecule has 0 aliphatic carbocycles. The maximum atomic E-state index is 11.6. The van der Waals surface area contributed by atoms with Crippen molar-refractivity contribution in [3.63, 3.8) is 0 Å². The lowest BCUT2D eigenvalue weighted by atomic mass is 10.2. The quantitative estimate of drug-likeness (QED) is 0.658. The van der Waals surface area contributed by atoms with Gasteiger partial charge >= 0.3 is 5.97 Å². The molecule has 0 spiro atoms. The highest BCUT2D eigenvalue weighted by Gasteiger charge is 2.04. The fourth-order valence-corrected chi connectivity index (χ4v) is 1.74. The topological polar surface area (TPSA) is 55.4 Å². The second kappa shape index (κ2) is 8.42. The van der Waals surface area contributed by atoms with Gasteiger partial charge in [-0.2, -0.15) is 0 Å². The largest absolute Gasteiger partial charge is 0.460 e. The molecule has 112 valence electrons. The highest BCUT2D eigenvalue weighted by molar-refractivity contribution is 5.93. The minimum Gasteiger partial charge on any atom is -0.460 e. The minimum atomic E-state index is -0.467. The highest BCUT2D eigenvalue weighted by atomic mass is 16.5. The first-order chi connectivity index (χ1) is 10.7. The number of ether oxygens (including phenoxy) is 1. The Hall–Kier alpha value is -2.88. The molecule has 0 aliphatic rings. The zero-order valence-corrected chi connectivity index (χ0v) is 12.1. The standard InChI is InChI=1S/C18H17NO3/c20-17(12-11-15-7-3-1-4-8-15)19-13-18(21)22-14-16-9-5-2-6-10-16/h1-12H,13-14H2,(H,19,20). The first-order valence-electron chi connectivity index (χ1n) is 6.94. The Balaban J connectivity index is 1.69. The van der Waals surface area contributed by atoms with Crippen LogP contribution in [0.15, 0.2) is 66.7 Å². The Morgan fingerprint density at radius 1 is 0.955 bits per heavy atom.